The quantitative estimate of drug-likeness (QED) is 0.132. The Morgan fingerprint density at radius 3 is 2.37 bits per heavy atom. The first-order valence-corrected chi connectivity index (χ1v) is 16.3. The molecule has 1 unspecified atom stereocenters. The molecule has 5 rings (SSSR count). The number of carbonyl (C=O) groups is 3. The monoisotopic (exact) mass is 622 g/mol. The van der Waals surface area contributed by atoms with E-state index in [1.165, 1.54) is 12.7 Å². The number of amides is 1. The van der Waals surface area contributed by atoms with Crippen molar-refractivity contribution >= 4 is 23.4 Å². The van der Waals surface area contributed by atoms with Crippen molar-refractivity contribution in [2.45, 2.75) is 65.2 Å². The maximum absolute atomic E-state index is 13.9. The Bertz CT molecular complexity index is 1610. The summed E-state index contributed by atoms with van der Waals surface area (Å²) in [6.45, 7) is 8.94. The Morgan fingerprint density at radius 2 is 1.70 bits per heavy atom. The van der Waals surface area contributed by atoms with Gasteiger partial charge in [0, 0.05) is 24.6 Å². The number of carbonyl (C=O) groups excluding carboxylic acids is 3. The standard InChI is InChI=1S/C39H46N2O5/c1-26-17-20-32-38(2,22-12-23-39(32,3)37(44)45-5)30(26)19-18-28-21-24-46-35(28)34(40-4)33(31(42)25-27-13-8-6-9-14-27)41-36(43)29-15-10-7-11-16-29/h6-11,13-16,21,24,30,32,40H,1,12,17-20,22-23,25H2,2-5H3,(H,41,43)/t30-,32?,38+,39-/m0/s1. The van der Waals surface area contributed by atoms with E-state index in [2.05, 4.69) is 31.1 Å². The normalized spacial score (nSPS) is 24.7. The van der Waals surface area contributed by atoms with E-state index in [9.17, 15) is 14.4 Å². The van der Waals surface area contributed by atoms with Gasteiger partial charge in [-0.25, -0.2) is 0 Å². The molecule has 46 heavy (non-hydrogen) atoms. The van der Waals surface area contributed by atoms with Crippen molar-refractivity contribution in [2.75, 3.05) is 14.2 Å². The lowest BCUT2D eigenvalue weighted by Crippen LogP contribution is -2.53. The van der Waals surface area contributed by atoms with Gasteiger partial charge in [-0.1, -0.05) is 74.0 Å². The van der Waals surface area contributed by atoms with Crippen LogP contribution in [0.5, 0.6) is 0 Å². The summed E-state index contributed by atoms with van der Waals surface area (Å²) >= 11 is 0. The molecule has 3 aromatic rings. The molecule has 0 aliphatic heterocycles. The minimum atomic E-state index is -0.505. The average Bonchev–Trinajstić information content (AvgIpc) is 3.52. The molecule has 2 aliphatic carbocycles. The summed E-state index contributed by atoms with van der Waals surface area (Å²) in [6, 6.07) is 20.3. The highest BCUT2D eigenvalue weighted by molar-refractivity contribution is 6.08. The molecule has 0 bridgehead atoms. The van der Waals surface area contributed by atoms with Gasteiger partial charge >= 0.3 is 5.97 Å². The van der Waals surface area contributed by atoms with Crippen LogP contribution < -0.4 is 10.6 Å². The van der Waals surface area contributed by atoms with E-state index >= 15 is 0 Å². The van der Waals surface area contributed by atoms with Crippen LogP contribution in [0.15, 0.2) is 95.3 Å². The first-order chi connectivity index (χ1) is 22.1. The SMILES string of the molecule is C=C1CCC2[C@](C)(CCC[C@]2(C)C(=O)OC)[C@H]1CCc1ccoc1C(NC)=C(NC(=O)c1ccccc1)C(=O)Cc1ccccc1. The molecule has 242 valence electrons. The number of allylic oxidation sites excluding steroid dienone is 2. The van der Waals surface area contributed by atoms with Crippen LogP contribution in [0.3, 0.4) is 0 Å². The van der Waals surface area contributed by atoms with E-state index in [0.29, 0.717) is 23.4 Å². The van der Waals surface area contributed by atoms with Gasteiger partial charge in [-0.15, -0.1) is 0 Å². The van der Waals surface area contributed by atoms with Crippen molar-refractivity contribution in [2.24, 2.45) is 22.7 Å². The molecule has 1 aromatic heterocycles. The van der Waals surface area contributed by atoms with E-state index in [0.717, 1.165) is 49.7 Å². The van der Waals surface area contributed by atoms with E-state index < -0.39 is 5.41 Å². The topological polar surface area (TPSA) is 97.6 Å². The molecule has 7 heteroatoms. The molecule has 2 aromatic carbocycles. The molecular weight excluding hydrogens is 576 g/mol. The van der Waals surface area contributed by atoms with Gasteiger partial charge in [-0.05, 0) is 86.5 Å². The predicted molar refractivity (Wildman–Crippen MR) is 180 cm³/mol. The first kappa shape index (κ1) is 33.0. The van der Waals surface area contributed by atoms with Crippen LogP contribution in [0.2, 0.25) is 0 Å². The number of furan rings is 1. The number of esters is 1. The van der Waals surface area contributed by atoms with Crippen molar-refractivity contribution in [3.63, 3.8) is 0 Å². The zero-order valence-corrected chi connectivity index (χ0v) is 27.5. The molecule has 1 amide bonds. The highest BCUT2D eigenvalue weighted by Gasteiger charge is 2.57. The maximum atomic E-state index is 13.9. The molecule has 2 saturated carbocycles. The zero-order valence-electron chi connectivity index (χ0n) is 27.5. The fourth-order valence-electron chi connectivity index (χ4n) is 8.28. The van der Waals surface area contributed by atoms with Crippen molar-refractivity contribution in [1.82, 2.24) is 10.6 Å². The van der Waals surface area contributed by atoms with Crippen LogP contribution >= 0.6 is 0 Å². The fraction of sp³-hybridized carbons (Fsp3) is 0.410. The summed E-state index contributed by atoms with van der Waals surface area (Å²) in [5, 5.41) is 6.09. The third-order valence-electron chi connectivity index (χ3n) is 10.6. The first-order valence-electron chi connectivity index (χ1n) is 16.3. The van der Waals surface area contributed by atoms with Gasteiger partial charge in [0.25, 0.3) is 5.91 Å². The Hall–Kier alpha value is -4.39. The summed E-state index contributed by atoms with van der Waals surface area (Å²) < 4.78 is 11.4. The number of nitrogens with one attached hydrogen (secondary N) is 2. The third-order valence-corrected chi connectivity index (χ3v) is 10.6. The number of fused-ring (bicyclic) bond motifs is 1. The van der Waals surface area contributed by atoms with E-state index in [4.69, 9.17) is 9.15 Å². The molecule has 0 radical (unpaired) electrons. The largest absolute Gasteiger partial charge is 0.469 e. The predicted octanol–water partition coefficient (Wildman–Crippen LogP) is 7.29. The van der Waals surface area contributed by atoms with Gasteiger partial charge in [0.2, 0.25) is 0 Å². The highest BCUT2D eigenvalue weighted by Crippen LogP contribution is 2.62. The number of benzene rings is 2. The summed E-state index contributed by atoms with van der Waals surface area (Å²) in [5.41, 5.74) is 3.48. The molecule has 1 heterocycles. The van der Waals surface area contributed by atoms with Gasteiger partial charge in [-0.2, -0.15) is 0 Å². The van der Waals surface area contributed by atoms with Gasteiger partial charge < -0.3 is 19.8 Å². The molecule has 2 fully saturated rings. The minimum absolute atomic E-state index is 0.0808. The Balaban J connectivity index is 1.46. The van der Waals surface area contributed by atoms with Gasteiger partial charge in [0.15, 0.2) is 11.5 Å². The van der Waals surface area contributed by atoms with Crippen molar-refractivity contribution < 1.29 is 23.5 Å². The Kier molecular flexibility index (Phi) is 10.00. The number of ketones is 1. The molecular formula is C39H46N2O5. The lowest BCUT2D eigenvalue weighted by atomic mass is 9.46. The third kappa shape index (κ3) is 6.46. The van der Waals surface area contributed by atoms with Crippen LogP contribution in [0.25, 0.3) is 5.70 Å². The Labute approximate surface area is 272 Å². The van der Waals surface area contributed by atoms with Crippen LogP contribution in [-0.2, 0) is 27.2 Å². The highest BCUT2D eigenvalue weighted by atomic mass is 16.5. The lowest BCUT2D eigenvalue weighted by molar-refractivity contribution is -0.168. The summed E-state index contributed by atoms with van der Waals surface area (Å²) in [7, 11) is 3.23. The van der Waals surface area contributed by atoms with Crippen molar-refractivity contribution in [1.29, 1.82) is 0 Å². The smallest absolute Gasteiger partial charge is 0.311 e. The molecule has 7 nitrogen and oxygen atoms in total. The number of ether oxygens (including phenoxy) is 1. The molecule has 2 N–H and O–H groups in total. The fourth-order valence-corrected chi connectivity index (χ4v) is 8.28. The number of Topliss-reactive ketones (excluding diaryl/α,β-unsaturated/α-hetero) is 1. The van der Waals surface area contributed by atoms with Gasteiger partial charge in [0.1, 0.15) is 11.4 Å². The van der Waals surface area contributed by atoms with Crippen LogP contribution in [-0.4, -0.2) is 31.8 Å². The molecule has 0 spiro atoms. The molecule has 2 aliphatic rings. The minimum Gasteiger partial charge on any atom is -0.469 e. The number of aryl methyl sites for hydroxylation is 1. The van der Waals surface area contributed by atoms with Crippen molar-refractivity contribution in [3.8, 4) is 0 Å². The van der Waals surface area contributed by atoms with E-state index in [1.54, 1.807) is 37.6 Å². The summed E-state index contributed by atoms with van der Waals surface area (Å²) in [6.07, 6.45) is 7.95. The van der Waals surface area contributed by atoms with Gasteiger partial charge in [-0.3, -0.25) is 14.4 Å². The average molecular weight is 623 g/mol. The number of rotatable bonds is 11. The molecule has 0 saturated heterocycles. The number of methoxy groups -OCH3 is 1. The summed E-state index contributed by atoms with van der Waals surface area (Å²) in [5.74, 6) is 0.240. The van der Waals surface area contributed by atoms with Crippen molar-refractivity contribution in [3.05, 3.63) is 113 Å². The lowest BCUT2D eigenvalue weighted by Gasteiger charge is -2.57. The summed E-state index contributed by atoms with van der Waals surface area (Å²) in [4.78, 5) is 40.3. The molecule has 4 atom stereocenters. The van der Waals surface area contributed by atoms with Crippen LogP contribution in [0.4, 0.5) is 0 Å². The van der Waals surface area contributed by atoms with Gasteiger partial charge in [0.05, 0.1) is 18.8 Å². The van der Waals surface area contributed by atoms with E-state index in [1.807, 2.05) is 42.5 Å². The second kappa shape index (κ2) is 13.9. The van der Waals surface area contributed by atoms with Crippen LogP contribution in [0.1, 0.15) is 79.6 Å². The second-order valence-corrected chi connectivity index (χ2v) is 13.3. The number of hydrogen-bond donors (Lipinski definition) is 2. The van der Waals surface area contributed by atoms with Crippen LogP contribution in [0, 0.1) is 22.7 Å². The van der Waals surface area contributed by atoms with E-state index in [-0.39, 0.29) is 47.0 Å². The second-order valence-electron chi connectivity index (χ2n) is 13.3. The Morgan fingerprint density at radius 1 is 1.00 bits per heavy atom. The zero-order chi connectivity index (χ0) is 32.9. The number of hydrogen-bond acceptors (Lipinski definition) is 6. The maximum Gasteiger partial charge on any atom is 0.311 e.